The van der Waals surface area contributed by atoms with Crippen LogP contribution in [0.15, 0.2) is 36.4 Å². The molecule has 1 unspecified atom stereocenters. The largest absolute Gasteiger partial charge is 0.493 e. The first kappa shape index (κ1) is 13.5. The molecule has 104 valence electrons. The van der Waals surface area contributed by atoms with Gasteiger partial charge in [-0.25, -0.2) is 0 Å². The minimum atomic E-state index is -0.0942. The Morgan fingerprint density at radius 1 is 1.25 bits per heavy atom. The van der Waals surface area contributed by atoms with Crippen molar-refractivity contribution < 1.29 is 4.74 Å². The second kappa shape index (κ2) is 5.47. The number of ether oxygens (including phenoxy) is 1. The molecule has 2 N–H and O–H groups in total. The molecule has 0 aliphatic carbocycles. The maximum Gasteiger partial charge on any atom is 0.127 e. The Bertz CT molecular complexity index is 622. The van der Waals surface area contributed by atoms with E-state index >= 15 is 0 Å². The molecule has 1 heterocycles. The first-order valence-electron chi connectivity index (χ1n) is 6.90. The fourth-order valence-electron chi connectivity index (χ4n) is 2.66. The number of aryl methyl sites for hydroxylation is 1. The van der Waals surface area contributed by atoms with Crippen LogP contribution >= 0.6 is 11.6 Å². The van der Waals surface area contributed by atoms with Crippen molar-refractivity contribution in [2.24, 2.45) is 5.73 Å². The van der Waals surface area contributed by atoms with Gasteiger partial charge in [0.05, 0.1) is 6.61 Å². The van der Waals surface area contributed by atoms with Gasteiger partial charge in [-0.1, -0.05) is 41.4 Å². The van der Waals surface area contributed by atoms with E-state index in [4.69, 9.17) is 22.1 Å². The topological polar surface area (TPSA) is 35.2 Å². The zero-order valence-electron chi connectivity index (χ0n) is 11.5. The Hall–Kier alpha value is -1.51. The average molecular weight is 288 g/mol. The summed E-state index contributed by atoms with van der Waals surface area (Å²) >= 11 is 6.19. The quantitative estimate of drug-likeness (QED) is 0.931. The van der Waals surface area contributed by atoms with E-state index in [1.165, 1.54) is 16.7 Å². The Balaban J connectivity index is 1.87. The Labute approximate surface area is 124 Å². The summed E-state index contributed by atoms with van der Waals surface area (Å²) in [5.41, 5.74) is 11.1. The molecule has 0 aromatic heterocycles. The molecule has 0 spiro atoms. The molecule has 0 radical (unpaired) electrons. The highest BCUT2D eigenvalue weighted by Crippen LogP contribution is 2.36. The molecule has 2 nitrogen and oxygen atoms in total. The van der Waals surface area contributed by atoms with Gasteiger partial charge in [-0.2, -0.15) is 0 Å². The van der Waals surface area contributed by atoms with Crippen LogP contribution in [0.4, 0.5) is 0 Å². The maximum absolute atomic E-state index is 6.37. The van der Waals surface area contributed by atoms with Crippen molar-refractivity contribution in [2.75, 3.05) is 6.61 Å². The fraction of sp³-hybridized carbons (Fsp3) is 0.294. The zero-order chi connectivity index (χ0) is 14.1. The van der Waals surface area contributed by atoms with Crippen LogP contribution in [0.3, 0.4) is 0 Å². The van der Waals surface area contributed by atoms with Crippen LogP contribution in [0.1, 0.15) is 28.3 Å². The van der Waals surface area contributed by atoms with E-state index in [9.17, 15) is 0 Å². The predicted molar refractivity (Wildman–Crippen MR) is 82.5 cm³/mol. The second-order valence-electron chi connectivity index (χ2n) is 5.38. The van der Waals surface area contributed by atoms with E-state index in [0.717, 1.165) is 35.8 Å². The van der Waals surface area contributed by atoms with E-state index < -0.39 is 0 Å². The molecule has 3 heteroatoms. The van der Waals surface area contributed by atoms with Crippen molar-refractivity contribution in [3.8, 4) is 5.75 Å². The summed E-state index contributed by atoms with van der Waals surface area (Å²) in [5, 5.41) is 0.739. The number of hydrogen-bond acceptors (Lipinski definition) is 2. The second-order valence-corrected chi connectivity index (χ2v) is 5.81. The van der Waals surface area contributed by atoms with Gasteiger partial charge >= 0.3 is 0 Å². The maximum atomic E-state index is 6.37. The molecule has 3 rings (SSSR count). The van der Waals surface area contributed by atoms with Crippen LogP contribution in [-0.4, -0.2) is 6.61 Å². The van der Waals surface area contributed by atoms with Gasteiger partial charge in [-0.3, -0.25) is 0 Å². The van der Waals surface area contributed by atoms with Crippen molar-refractivity contribution in [3.63, 3.8) is 0 Å². The molecule has 1 aliphatic rings. The lowest BCUT2D eigenvalue weighted by Gasteiger charge is -2.16. The number of benzene rings is 2. The van der Waals surface area contributed by atoms with Crippen molar-refractivity contribution in [2.45, 2.75) is 25.8 Å². The third-order valence-corrected chi connectivity index (χ3v) is 3.97. The van der Waals surface area contributed by atoms with Crippen molar-refractivity contribution >= 4 is 11.6 Å². The van der Waals surface area contributed by atoms with E-state index in [1.807, 2.05) is 12.1 Å². The van der Waals surface area contributed by atoms with Crippen molar-refractivity contribution in [1.29, 1.82) is 0 Å². The van der Waals surface area contributed by atoms with Crippen molar-refractivity contribution in [3.05, 3.63) is 63.7 Å². The highest BCUT2D eigenvalue weighted by molar-refractivity contribution is 6.30. The molecular weight excluding hydrogens is 270 g/mol. The highest BCUT2D eigenvalue weighted by atomic mass is 35.5. The SMILES string of the molecule is Cc1ccc(CC(N)c2cc(Cl)cc3c2OCC3)cc1. The van der Waals surface area contributed by atoms with Gasteiger partial charge in [0.25, 0.3) is 0 Å². The van der Waals surface area contributed by atoms with E-state index in [-0.39, 0.29) is 6.04 Å². The molecule has 0 saturated carbocycles. The lowest BCUT2D eigenvalue weighted by molar-refractivity contribution is 0.351. The molecule has 0 fully saturated rings. The van der Waals surface area contributed by atoms with Crippen LogP contribution < -0.4 is 10.5 Å². The average Bonchev–Trinajstić information content (AvgIpc) is 2.88. The van der Waals surface area contributed by atoms with Crippen LogP contribution in [0.25, 0.3) is 0 Å². The number of fused-ring (bicyclic) bond motifs is 1. The van der Waals surface area contributed by atoms with Gasteiger partial charge in [-0.05, 0) is 36.6 Å². The van der Waals surface area contributed by atoms with Crippen LogP contribution in [0, 0.1) is 6.92 Å². The Morgan fingerprint density at radius 3 is 2.75 bits per heavy atom. The normalized spacial score (nSPS) is 14.8. The number of halogens is 1. The molecule has 0 saturated heterocycles. The number of hydrogen-bond donors (Lipinski definition) is 1. The highest BCUT2D eigenvalue weighted by Gasteiger charge is 2.21. The lowest BCUT2D eigenvalue weighted by Crippen LogP contribution is -2.14. The predicted octanol–water partition coefficient (Wildman–Crippen LogP) is 3.83. The van der Waals surface area contributed by atoms with Gasteiger partial charge in [0.2, 0.25) is 0 Å². The van der Waals surface area contributed by atoms with Gasteiger partial charge in [-0.15, -0.1) is 0 Å². The van der Waals surface area contributed by atoms with Crippen molar-refractivity contribution in [1.82, 2.24) is 0 Å². The smallest absolute Gasteiger partial charge is 0.127 e. The number of nitrogens with two attached hydrogens (primary N) is 1. The van der Waals surface area contributed by atoms with Gasteiger partial charge in [0.1, 0.15) is 5.75 Å². The van der Waals surface area contributed by atoms with E-state index in [0.29, 0.717) is 0 Å². The summed E-state index contributed by atoms with van der Waals surface area (Å²) in [6.07, 6.45) is 1.70. The summed E-state index contributed by atoms with van der Waals surface area (Å²) in [6, 6.07) is 12.3. The summed E-state index contributed by atoms with van der Waals surface area (Å²) in [6.45, 7) is 2.81. The van der Waals surface area contributed by atoms with E-state index in [1.54, 1.807) is 0 Å². The van der Waals surface area contributed by atoms with Crippen LogP contribution in [-0.2, 0) is 12.8 Å². The first-order valence-corrected chi connectivity index (χ1v) is 7.27. The molecule has 1 atom stereocenters. The third-order valence-electron chi connectivity index (χ3n) is 3.75. The molecule has 2 aromatic rings. The first-order chi connectivity index (χ1) is 9.63. The summed E-state index contributed by atoms with van der Waals surface area (Å²) in [7, 11) is 0. The van der Waals surface area contributed by atoms with Gasteiger partial charge in [0.15, 0.2) is 0 Å². The standard InChI is InChI=1S/C17H18ClNO/c1-11-2-4-12(5-3-11)8-16(19)15-10-14(18)9-13-6-7-20-17(13)15/h2-5,9-10,16H,6-8,19H2,1H3. The number of rotatable bonds is 3. The van der Waals surface area contributed by atoms with E-state index in [2.05, 4.69) is 31.2 Å². The molecule has 20 heavy (non-hydrogen) atoms. The van der Waals surface area contributed by atoms with Crippen LogP contribution in [0.5, 0.6) is 5.75 Å². The minimum absolute atomic E-state index is 0.0942. The summed E-state index contributed by atoms with van der Waals surface area (Å²) in [5.74, 6) is 0.939. The molecular formula is C17H18ClNO. The van der Waals surface area contributed by atoms with Crippen LogP contribution in [0.2, 0.25) is 5.02 Å². The fourth-order valence-corrected chi connectivity index (χ4v) is 2.91. The zero-order valence-corrected chi connectivity index (χ0v) is 12.3. The summed E-state index contributed by atoms with van der Waals surface area (Å²) < 4.78 is 5.72. The lowest BCUT2D eigenvalue weighted by atomic mass is 9.96. The molecule has 1 aliphatic heterocycles. The summed E-state index contributed by atoms with van der Waals surface area (Å²) in [4.78, 5) is 0. The third kappa shape index (κ3) is 2.67. The molecule has 2 aromatic carbocycles. The Kier molecular flexibility index (Phi) is 3.68. The minimum Gasteiger partial charge on any atom is -0.493 e. The Morgan fingerprint density at radius 2 is 2.00 bits per heavy atom. The van der Waals surface area contributed by atoms with Gasteiger partial charge < -0.3 is 10.5 Å². The molecule has 0 bridgehead atoms. The van der Waals surface area contributed by atoms with Gasteiger partial charge in [0, 0.05) is 23.0 Å². The monoisotopic (exact) mass is 287 g/mol. The molecule has 0 amide bonds.